The van der Waals surface area contributed by atoms with E-state index >= 15 is 0 Å². The number of nitrogens with one attached hydrogen (secondary N) is 1. The first-order valence-electron chi connectivity index (χ1n) is 4.56. The first-order valence-corrected chi connectivity index (χ1v) is 5.34. The molecule has 82 valence electrons. The lowest BCUT2D eigenvalue weighted by Gasteiger charge is -2.22. The van der Waals surface area contributed by atoms with Crippen LogP contribution in [0.3, 0.4) is 0 Å². The summed E-state index contributed by atoms with van der Waals surface area (Å²) in [6.45, 7) is 0. The average Bonchev–Trinajstić information content (AvgIpc) is 2.25. The molecule has 0 aliphatic carbocycles. The molecule has 0 unspecified atom stereocenters. The zero-order chi connectivity index (χ0) is 11.5. The Balaban J connectivity index is 2.13. The number of carbonyl (C=O) groups is 3. The number of carbonyl (C=O) groups excluding carboxylic acids is 3. The number of imide groups is 2. The van der Waals surface area contributed by atoms with E-state index in [0.29, 0.717) is 0 Å². The number of rotatable bonds is 2. The van der Waals surface area contributed by atoms with Gasteiger partial charge in [0.25, 0.3) is 5.91 Å². The van der Waals surface area contributed by atoms with Crippen LogP contribution in [-0.4, -0.2) is 22.2 Å². The van der Waals surface area contributed by atoms with Crippen LogP contribution < -0.4 is 5.32 Å². The van der Waals surface area contributed by atoms with E-state index < -0.39 is 17.8 Å². The second-order valence-corrected chi connectivity index (χ2v) is 4.14. The Kier molecular flexibility index (Phi) is 2.91. The number of amides is 4. The molecule has 1 aliphatic rings. The molecule has 1 aromatic carbocycles. The minimum atomic E-state index is -0.685. The van der Waals surface area contributed by atoms with Crippen LogP contribution in [-0.2, 0) is 9.59 Å². The number of barbiturate groups is 1. The molecule has 0 bridgehead atoms. The molecule has 0 aromatic heterocycles. The van der Waals surface area contributed by atoms with E-state index in [1.54, 1.807) is 24.3 Å². The van der Waals surface area contributed by atoms with E-state index in [-0.39, 0.29) is 6.42 Å². The molecule has 0 saturated carbocycles. The van der Waals surface area contributed by atoms with Gasteiger partial charge in [0.1, 0.15) is 6.42 Å². The van der Waals surface area contributed by atoms with Crippen molar-refractivity contribution in [3.8, 4) is 0 Å². The van der Waals surface area contributed by atoms with Gasteiger partial charge in [0.15, 0.2) is 0 Å². The molecule has 1 aromatic rings. The molecule has 4 amide bonds. The Morgan fingerprint density at radius 2 is 1.81 bits per heavy atom. The van der Waals surface area contributed by atoms with Crippen molar-refractivity contribution < 1.29 is 14.4 Å². The van der Waals surface area contributed by atoms with E-state index in [4.69, 9.17) is 0 Å². The van der Waals surface area contributed by atoms with Crippen molar-refractivity contribution in [2.45, 2.75) is 11.3 Å². The molecule has 0 atom stereocenters. The van der Waals surface area contributed by atoms with Crippen molar-refractivity contribution in [3.05, 3.63) is 30.3 Å². The Hall–Kier alpha value is -1.82. The molecule has 0 spiro atoms. The average molecular weight is 236 g/mol. The van der Waals surface area contributed by atoms with Crippen molar-refractivity contribution in [1.82, 2.24) is 9.62 Å². The lowest BCUT2D eigenvalue weighted by Crippen LogP contribution is -2.49. The minimum Gasteiger partial charge on any atom is -0.276 e. The number of hydrogen-bond acceptors (Lipinski definition) is 4. The highest BCUT2D eigenvalue weighted by atomic mass is 32.2. The van der Waals surface area contributed by atoms with Gasteiger partial charge >= 0.3 is 6.03 Å². The van der Waals surface area contributed by atoms with Crippen LogP contribution in [0.4, 0.5) is 4.79 Å². The van der Waals surface area contributed by atoms with Gasteiger partial charge in [-0.1, -0.05) is 18.2 Å². The monoisotopic (exact) mass is 236 g/mol. The van der Waals surface area contributed by atoms with Crippen molar-refractivity contribution in [2.24, 2.45) is 0 Å². The van der Waals surface area contributed by atoms with Gasteiger partial charge in [-0.05, 0) is 24.1 Å². The molecule has 1 aliphatic heterocycles. The number of benzene rings is 1. The lowest BCUT2D eigenvalue weighted by atomic mass is 10.3. The van der Waals surface area contributed by atoms with E-state index in [1.165, 1.54) is 0 Å². The van der Waals surface area contributed by atoms with E-state index in [1.807, 2.05) is 6.07 Å². The van der Waals surface area contributed by atoms with Crippen LogP contribution in [0.5, 0.6) is 0 Å². The highest BCUT2D eigenvalue weighted by Crippen LogP contribution is 2.24. The van der Waals surface area contributed by atoms with Crippen LogP contribution in [0.2, 0.25) is 0 Å². The first-order chi connectivity index (χ1) is 7.66. The maximum Gasteiger partial charge on any atom is 0.341 e. The molecule has 1 fully saturated rings. The van der Waals surface area contributed by atoms with Gasteiger partial charge < -0.3 is 0 Å². The fraction of sp³-hybridized carbons (Fsp3) is 0.100. The minimum absolute atomic E-state index is 0.286. The summed E-state index contributed by atoms with van der Waals surface area (Å²) in [7, 11) is 0. The van der Waals surface area contributed by atoms with E-state index in [0.717, 1.165) is 21.1 Å². The summed E-state index contributed by atoms with van der Waals surface area (Å²) < 4.78 is 0.955. The quantitative estimate of drug-likeness (QED) is 0.618. The molecule has 1 N–H and O–H groups in total. The zero-order valence-corrected chi connectivity index (χ0v) is 8.99. The maximum atomic E-state index is 11.4. The normalized spacial score (nSPS) is 16.2. The van der Waals surface area contributed by atoms with Crippen LogP contribution in [0.15, 0.2) is 35.2 Å². The van der Waals surface area contributed by atoms with Gasteiger partial charge in [0, 0.05) is 4.90 Å². The summed E-state index contributed by atoms with van der Waals surface area (Å²) in [5.74, 6) is -1.05. The van der Waals surface area contributed by atoms with Crippen molar-refractivity contribution in [3.63, 3.8) is 0 Å². The first kappa shape index (κ1) is 10.7. The number of hydrogen-bond donors (Lipinski definition) is 1. The van der Waals surface area contributed by atoms with Gasteiger partial charge in [-0.25, -0.2) is 4.79 Å². The smallest absolute Gasteiger partial charge is 0.276 e. The molecule has 2 rings (SSSR count). The third-order valence-electron chi connectivity index (χ3n) is 1.91. The zero-order valence-electron chi connectivity index (χ0n) is 8.17. The van der Waals surface area contributed by atoms with Crippen molar-refractivity contribution in [2.75, 3.05) is 0 Å². The molecule has 1 heterocycles. The largest absolute Gasteiger partial charge is 0.341 e. The molecular formula is C10H8N2O3S. The summed E-state index contributed by atoms with van der Waals surface area (Å²) in [5.41, 5.74) is 0. The standard InChI is InChI=1S/C10H8N2O3S/c13-8-6-9(14)12(10(15)11-8)16-7-4-2-1-3-5-7/h1-5H,6H2,(H,11,13,15). The summed E-state index contributed by atoms with van der Waals surface area (Å²) >= 11 is 1.00. The van der Waals surface area contributed by atoms with Crippen molar-refractivity contribution >= 4 is 29.8 Å². The Morgan fingerprint density at radius 3 is 2.44 bits per heavy atom. The van der Waals surface area contributed by atoms with Gasteiger partial charge in [0.2, 0.25) is 5.91 Å². The molecule has 0 radical (unpaired) electrons. The highest BCUT2D eigenvalue weighted by molar-refractivity contribution is 7.98. The second kappa shape index (κ2) is 4.36. The number of nitrogens with zero attached hydrogens (tertiary/aromatic N) is 1. The SMILES string of the molecule is O=C1CC(=O)N(Sc2ccccc2)C(=O)N1. The molecule has 1 saturated heterocycles. The third-order valence-corrected chi connectivity index (χ3v) is 2.94. The summed E-state index contributed by atoms with van der Waals surface area (Å²) in [5, 5.41) is 2.09. The van der Waals surface area contributed by atoms with Crippen molar-refractivity contribution in [1.29, 1.82) is 0 Å². The fourth-order valence-corrected chi connectivity index (χ4v) is 2.00. The Morgan fingerprint density at radius 1 is 1.12 bits per heavy atom. The predicted molar refractivity (Wildman–Crippen MR) is 57.3 cm³/mol. The van der Waals surface area contributed by atoms with E-state index in [9.17, 15) is 14.4 Å². The van der Waals surface area contributed by atoms with Crippen LogP contribution in [0.25, 0.3) is 0 Å². The molecule has 5 nitrogen and oxygen atoms in total. The molecule has 6 heteroatoms. The van der Waals surface area contributed by atoms with Crippen LogP contribution >= 0.6 is 11.9 Å². The maximum absolute atomic E-state index is 11.4. The van der Waals surface area contributed by atoms with Gasteiger partial charge in [-0.15, -0.1) is 0 Å². The van der Waals surface area contributed by atoms with Gasteiger partial charge in [-0.3, -0.25) is 14.9 Å². The van der Waals surface area contributed by atoms with Gasteiger partial charge in [0.05, 0.1) is 0 Å². The van der Waals surface area contributed by atoms with Gasteiger partial charge in [-0.2, -0.15) is 4.31 Å². The highest BCUT2D eigenvalue weighted by Gasteiger charge is 2.31. The fourth-order valence-electron chi connectivity index (χ4n) is 1.22. The Labute approximate surface area is 95.9 Å². The molecular weight excluding hydrogens is 228 g/mol. The predicted octanol–water partition coefficient (Wildman–Crippen LogP) is 1.16. The summed E-state index contributed by atoms with van der Waals surface area (Å²) in [6, 6.07) is 8.32. The summed E-state index contributed by atoms with van der Waals surface area (Å²) in [6.07, 6.45) is -0.286. The van der Waals surface area contributed by atoms with E-state index in [2.05, 4.69) is 5.32 Å². The third kappa shape index (κ3) is 2.22. The molecule has 16 heavy (non-hydrogen) atoms. The van der Waals surface area contributed by atoms with Crippen LogP contribution in [0, 0.1) is 0 Å². The number of urea groups is 1. The van der Waals surface area contributed by atoms with Crippen LogP contribution in [0.1, 0.15) is 6.42 Å². The Bertz CT molecular complexity index is 427. The summed E-state index contributed by atoms with van der Waals surface area (Å²) in [4.78, 5) is 34.5. The second-order valence-electron chi connectivity index (χ2n) is 3.12. The lowest BCUT2D eigenvalue weighted by molar-refractivity contribution is -0.132. The topological polar surface area (TPSA) is 66.5 Å².